The summed E-state index contributed by atoms with van der Waals surface area (Å²) in [6, 6.07) is 0. The van der Waals surface area contributed by atoms with Gasteiger partial charge >= 0.3 is 0 Å². The first-order chi connectivity index (χ1) is 9.37. The Morgan fingerprint density at radius 1 is 1.40 bits per heavy atom. The normalized spacial score (nSPS) is 21.8. The lowest BCUT2D eigenvalue weighted by Gasteiger charge is -2.34. The van der Waals surface area contributed by atoms with Crippen molar-refractivity contribution < 1.29 is 8.42 Å². The Morgan fingerprint density at radius 2 is 2.10 bits per heavy atom. The molecule has 0 saturated carbocycles. The fourth-order valence-electron chi connectivity index (χ4n) is 2.50. The molecule has 1 rings (SSSR count). The predicted molar refractivity (Wildman–Crippen MR) is 83.8 cm³/mol. The molecule has 0 aliphatic carbocycles. The summed E-state index contributed by atoms with van der Waals surface area (Å²) >= 11 is 0. The molecule has 1 fully saturated rings. The quantitative estimate of drug-likeness (QED) is 0.740. The highest BCUT2D eigenvalue weighted by atomic mass is 32.2. The van der Waals surface area contributed by atoms with E-state index in [2.05, 4.69) is 26.1 Å². The van der Waals surface area contributed by atoms with Crippen LogP contribution in [0.1, 0.15) is 40.0 Å². The molecule has 1 heterocycles. The van der Waals surface area contributed by atoms with Crippen molar-refractivity contribution in [3.05, 3.63) is 0 Å². The third-order valence-corrected chi connectivity index (χ3v) is 5.86. The summed E-state index contributed by atoms with van der Waals surface area (Å²) < 4.78 is 28.3. The largest absolute Gasteiger partial charge is 0.317 e. The van der Waals surface area contributed by atoms with Crippen LogP contribution in [-0.4, -0.2) is 56.8 Å². The molecule has 0 spiro atoms. The van der Waals surface area contributed by atoms with E-state index in [0.29, 0.717) is 31.5 Å². The zero-order valence-electron chi connectivity index (χ0n) is 13.4. The second kappa shape index (κ2) is 8.32. The Kier molecular flexibility index (Phi) is 7.43. The van der Waals surface area contributed by atoms with E-state index < -0.39 is 10.2 Å². The second-order valence-corrected chi connectivity index (χ2v) is 8.22. The smallest absolute Gasteiger partial charge is 0.281 e. The third-order valence-electron chi connectivity index (χ3n) is 3.91. The van der Waals surface area contributed by atoms with Crippen LogP contribution in [0.3, 0.4) is 0 Å². The first-order valence-electron chi connectivity index (χ1n) is 7.80. The van der Waals surface area contributed by atoms with Gasteiger partial charge in [-0.15, -0.1) is 0 Å². The van der Waals surface area contributed by atoms with Crippen LogP contribution >= 0.6 is 0 Å². The van der Waals surface area contributed by atoms with Crippen molar-refractivity contribution in [3.8, 4) is 0 Å². The molecule has 0 amide bonds. The van der Waals surface area contributed by atoms with Crippen molar-refractivity contribution in [2.24, 2.45) is 11.8 Å². The van der Waals surface area contributed by atoms with Crippen molar-refractivity contribution in [1.82, 2.24) is 13.9 Å². The van der Waals surface area contributed by atoms with Crippen molar-refractivity contribution in [3.63, 3.8) is 0 Å². The van der Waals surface area contributed by atoms with Gasteiger partial charge in [-0.05, 0) is 44.2 Å². The van der Waals surface area contributed by atoms with Gasteiger partial charge in [0.25, 0.3) is 10.2 Å². The van der Waals surface area contributed by atoms with Gasteiger partial charge in [0.1, 0.15) is 0 Å². The van der Waals surface area contributed by atoms with Crippen LogP contribution in [0.4, 0.5) is 0 Å². The topological polar surface area (TPSA) is 52.7 Å². The molecule has 20 heavy (non-hydrogen) atoms. The Balaban J connectivity index is 2.57. The molecule has 0 aromatic heterocycles. The third kappa shape index (κ3) is 5.31. The van der Waals surface area contributed by atoms with Gasteiger partial charge in [0.05, 0.1) is 0 Å². The Hall–Kier alpha value is -0.170. The molecule has 1 aliphatic heterocycles. The molecule has 1 saturated heterocycles. The predicted octanol–water partition coefficient (Wildman–Crippen LogP) is 1.53. The number of nitrogens with one attached hydrogen (secondary N) is 1. The van der Waals surface area contributed by atoms with Crippen LogP contribution in [0.5, 0.6) is 0 Å². The lowest BCUT2D eigenvalue weighted by atomic mass is 10.00. The number of hydrogen-bond donors (Lipinski definition) is 1. The molecule has 1 atom stereocenters. The molecular formula is C14H31N3O2S. The van der Waals surface area contributed by atoms with Crippen LogP contribution < -0.4 is 5.32 Å². The minimum absolute atomic E-state index is 0.442. The van der Waals surface area contributed by atoms with E-state index in [1.54, 1.807) is 11.4 Å². The Bertz CT molecular complexity index is 371. The van der Waals surface area contributed by atoms with Gasteiger partial charge in [-0.2, -0.15) is 17.0 Å². The summed E-state index contributed by atoms with van der Waals surface area (Å²) in [7, 11) is -1.58. The zero-order chi connectivity index (χ0) is 15.2. The summed E-state index contributed by atoms with van der Waals surface area (Å²) in [5.41, 5.74) is 0. The van der Waals surface area contributed by atoms with E-state index in [1.807, 2.05) is 0 Å². The van der Waals surface area contributed by atoms with Crippen LogP contribution in [0.25, 0.3) is 0 Å². The van der Waals surface area contributed by atoms with Crippen molar-refractivity contribution in [2.45, 2.75) is 40.0 Å². The highest BCUT2D eigenvalue weighted by Gasteiger charge is 2.31. The molecule has 6 heteroatoms. The molecule has 120 valence electrons. The average molecular weight is 305 g/mol. The molecule has 0 radical (unpaired) electrons. The van der Waals surface area contributed by atoms with Gasteiger partial charge in [-0.3, -0.25) is 0 Å². The standard InChI is InChI=1S/C14H31N3O2S/c1-5-15-11-14-7-6-9-17(12-14)20(18,19)16(4)10-8-13(2)3/h13-15H,5-12H2,1-4H3. The lowest BCUT2D eigenvalue weighted by molar-refractivity contribution is 0.246. The van der Waals surface area contributed by atoms with Crippen LogP contribution in [0, 0.1) is 11.8 Å². The molecule has 1 N–H and O–H groups in total. The zero-order valence-corrected chi connectivity index (χ0v) is 14.2. The van der Waals surface area contributed by atoms with Gasteiger partial charge in [0.2, 0.25) is 0 Å². The Labute approximate surface area is 124 Å². The lowest BCUT2D eigenvalue weighted by Crippen LogP contribution is -2.48. The van der Waals surface area contributed by atoms with E-state index in [-0.39, 0.29) is 0 Å². The SMILES string of the molecule is CCNCC1CCCN(S(=O)(=O)N(C)CCC(C)C)C1. The summed E-state index contributed by atoms with van der Waals surface area (Å²) in [6.45, 7) is 10.1. The van der Waals surface area contributed by atoms with Crippen molar-refractivity contribution in [2.75, 3.05) is 39.8 Å². The molecule has 0 bridgehead atoms. The summed E-state index contributed by atoms with van der Waals surface area (Å²) in [5.74, 6) is 0.965. The van der Waals surface area contributed by atoms with Gasteiger partial charge < -0.3 is 5.32 Å². The number of rotatable bonds is 8. The molecule has 1 unspecified atom stereocenters. The molecule has 0 aromatic rings. The van der Waals surface area contributed by atoms with Gasteiger partial charge in [-0.25, -0.2) is 0 Å². The summed E-state index contributed by atoms with van der Waals surface area (Å²) in [4.78, 5) is 0. The minimum Gasteiger partial charge on any atom is -0.317 e. The molecule has 5 nitrogen and oxygen atoms in total. The average Bonchev–Trinajstić information content (AvgIpc) is 2.42. The first-order valence-corrected chi connectivity index (χ1v) is 9.19. The van der Waals surface area contributed by atoms with Crippen molar-refractivity contribution in [1.29, 1.82) is 0 Å². The maximum Gasteiger partial charge on any atom is 0.281 e. The fourth-order valence-corrected chi connectivity index (χ4v) is 3.99. The highest BCUT2D eigenvalue weighted by Crippen LogP contribution is 2.20. The highest BCUT2D eigenvalue weighted by molar-refractivity contribution is 7.86. The van der Waals surface area contributed by atoms with Gasteiger partial charge in [0, 0.05) is 26.7 Å². The van der Waals surface area contributed by atoms with E-state index in [1.165, 1.54) is 4.31 Å². The van der Waals surface area contributed by atoms with Gasteiger partial charge in [0.15, 0.2) is 0 Å². The van der Waals surface area contributed by atoms with Crippen LogP contribution in [0.2, 0.25) is 0 Å². The second-order valence-electron chi connectivity index (χ2n) is 6.19. The van der Waals surface area contributed by atoms with E-state index in [4.69, 9.17) is 0 Å². The maximum atomic E-state index is 12.5. The maximum absolute atomic E-state index is 12.5. The first kappa shape index (κ1) is 17.9. The molecular weight excluding hydrogens is 274 g/mol. The number of nitrogens with zero attached hydrogens (tertiary/aromatic N) is 2. The Morgan fingerprint density at radius 3 is 2.70 bits per heavy atom. The monoisotopic (exact) mass is 305 g/mol. The molecule has 0 aromatic carbocycles. The number of hydrogen-bond acceptors (Lipinski definition) is 3. The minimum atomic E-state index is -3.28. The molecule has 1 aliphatic rings. The fraction of sp³-hybridized carbons (Fsp3) is 1.00. The van der Waals surface area contributed by atoms with Crippen molar-refractivity contribution >= 4 is 10.2 Å². The summed E-state index contributed by atoms with van der Waals surface area (Å²) in [5, 5.41) is 3.32. The van der Waals surface area contributed by atoms with E-state index in [9.17, 15) is 8.42 Å². The van der Waals surface area contributed by atoms with Crippen LogP contribution in [0.15, 0.2) is 0 Å². The van der Waals surface area contributed by atoms with Crippen LogP contribution in [-0.2, 0) is 10.2 Å². The summed E-state index contributed by atoms with van der Waals surface area (Å²) in [6.07, 6.45) is 2.99. The van der Waals surface area contributed by atoms with Gasteiger partial charge in [-0.1, -0.05) is 20.8 Å². The number of piperidine rings is 1. The van der Waals surface area contributed by atoms with E-state index >= 15 is 0 Å². The van der Waals surface area contributed by atoms with E-state index in [0.717, 1.165) is 32.4 Å².